The Kier molecular flexibility index (Phi) is 5.79. The molecule has 1 aliphatic rings. The van der Waals surface area contributed by atoms with Gasteiger partial charge < -0.3 is 14.6 Å². The van der Waals surface area contributed by atoms with Gasteiger partial charge in [-0.2, -0.15) is 0 Å². The van der Waals surface area contributed by atoms with Crippen molar-refractivity contribution in [3.63, 3.8) is 0 Å². The van der Waals surface area contributed by atoms with E-state index in [0.717, 1.165) is 22.1 Å². The molecule has 5 heteroatoms. The Labute approximate surface area is 170 Å². The van der Waals surface area contributed by atoms with E-state index in [4.69, 9.17) is 9.47 Å². The van der Waals surface area contributed by atoms with Crippen LogP contribution in [0.3, 0.4) is 0 Å². The van der Waals surface area contributed by atoms with Crippen molar-refractivity contribution in [2.24, 2.45) is 0 Å². The molecule has 150 valence electrons. The number of β-amino-alcohol motifs (C(OH)–C–C–N with tert-alkyl or cyclic N) is 1. The fraction of sp³-hybridized carbons (Fsp3) is 0.292. The third-order valence-corrected chi connectivity index (χ3v) is 5.45. The molecular weight excluding hydrogens is 366 g/mol. The second kappa shape index (κ2) is 8.64. The number of fused-ring (bicyclic) bond motifs is 2. The quantitative estimate of drug-likeness (QED) is 0.654. The van der Waals surface area contributed by atoms with Crippen LogP contribution in [0, 0.1) is 0 Å². The lowest BCUT2D eigenvalue weighted by atomic mass is 9.93. The second-order valence-corrected chi connectivity index (χ2v) is 7.38. The Balaban J connectivity index is 1.45. The summed E-state index contributed by atoms with van der Waals surface area (Å²) in [5.41, 5.74) is 2.33. The summed E-state index contributed by atoms with van der Waals surface area (Å²) >= 11 is 0. The van der Waals surface area contributed by atoms with Crippen molar-refractivity contribution < 1.29 is 19.4 Å². The summed E-state index contributed by atoms with van der Waals surface area (Å²) in [7, 11) is 1.40. The number of carbonyl (C=O) groups excluding carboxylic acids is 1. The van der Waals surface area contributed by atoms with Gasteiger partial charge in [0, 0.05) is 18.5 Å². The van der Waals surface area contributed by atoms with Gasteiger partial charge >= 0.3 is 5.97 Å². The van der Waals surface area contributed by atoms with Gasteiger partial charge in [-0.1, -0.05) is 60.7 Å². The number of nitrogens with zero attached hydrogens (tertiary/aromatic N) is 1. The highest BCUT2D eigenvalue weighted by Crippen LogP contribution is 2.26. The van der Waals surface area contributed by atoms with Crippen molar-refractivity contribution in [2.45, 2.75) is 25.1 Å². The first-order chi connectivity index (χ1) is 14.2. The summed E-state index contributed by atoms with van der Waals surface area (Å²) in [6, 6.07) is 21.6. The van der Waals surface area contributed by atoms with Crippen LogP contribution in [-0.2, 0) is 22.5 Å². The summed E-state index contributed by atoms with van der Waals surface area (Å²) < 4.78 is 10.9. The SMILES string of the molecule is COC(=O)C1Cc2ccccc2CN1CC(O)COc1cccc2ccccc12. The van der Waals surface area contributed by atoms with Crippen molar-refractivity contribution in [3.05, 3.63) is 77.9 Å². The van der Waals surface area contributed by atoms with Gasteiger partial charge in [0.1, 0.15) is 24.5 Å². The fourth-order valence-electron chi connectivity index (χ4n) is 3.97. The van der Waals surface area contributed by atoms with Crippen LogP contribution in [0.2, 0.25) is 0 Å². The van der Waals surface area contributed by atoms with Crippen molar-refractivity contribution in [1.82, 2.24) is 4.90 Å². The summed E-state index contributed by atoms with van der Waals surface area (Å²) in [5, 5.41) is 12.7. The molecule has 29 heavy (non-hydrogen) atoms. The number of hydrogen-bond acceptors (Lipinski definition) is 5. The molecule has 4 rings (SSSR count). The number of aliphatic hydroxyl groups is 1. The number of benzene rings is 3. The number of carbonyl (C=O) groups is 1. The highest BCUT2D eigenvalue weighted by atomic mass is 16.5. The van der Waals surface area contributed by atoms with E-state index in [1.54, 1.807) is 0 Å². The summed E-state index contributed by atoms with van der Waals surface area (Å²) in [6.07, 6.45) is -0.147. The lowest BCUT2D eigenvalue weighted by molar-refractivity contribution is -0.148. The Morgan fingerprint density at radius 3 is 2.62 bits per heavy atom. The summed E-state index contributed by atoms with van der Waals surface area (Å²) in [5.74, 6) is 0.470. The first kappa shape index (κ1) is 19.4. The molecule has 0 aliphatic carbocycles. The van der Waals surface area contributed by atoms with Crippen LogP contribution < -0.4 is 4.74 Å². The predicted octanol–water partition coefficient (Wildman–Crippen LogP) is 3.18. The number of rotatable bonds is 6. The maximum Gasteiger partial charge on any atom is 0.323 e. The Morgan fingerprint density at radius 2 is 1.79 bits per heavy atom. The van der Waals surface area contributed by atoms with E-state index in [9.17, 15) is 9.90 Å². The zero-order valence-electron chi connectivity index (χ0n) is 16.5. The molecule has 1 N–H and O–H groups in total. The van der Waals surface area contributed by atoms with E-state index in [-0.39, 0.29) is 12.6 Å². The van der Waals surface area contributed by atoms with Gasteiger partial charge in [-0.25, -0.2) is 0 Å². The van der Waals surface area contributed by atoms with Gasteiger partial charge in [0.25, 0.3) is 0 Å². The van der Waals surface area contributed by atoms with Crippen LogP contribution in [0.4, 0.5) is 0 Å². The van der Waals surface area contributed by atoms with Gasteiger partial charge in [0.15, 0.2) is 0 Å². The smallest absolute Gasteiger partial charge is 0.323 e. The van der Waals surface area contributed by atoms with E-state index in [2.05, 4.69) is 6.07 Å². The van der Waals surface area contributed by atoms with Crippen LogP contribution in [-0.4, -0.2) is 48.4 Å². The molecule has 3 aromatic carbocycles. The average Bonchev–Trinajstić information content (AvgIpc) is 2.76. The molecule has 0 amide bonds. The Morgan fingerprint density at radius 1 is 1.07 bits per heavy atom. The summed E-state index contributed by atoms with van der Waals surface area (Å²) in [6.45, 7) is 1.08. The van der Waals surface area contributed by atoms with Crippen molar-refractivity contribution >= 4 is 16.7 Å². The van der Waals surface area contributed by atoms with Crippen LogP contribution in [0.15, 0.2) is 66.7 Å². The van der Waals surface area contributed by atoms with E-state index in [1.807, 2.05) is 65.6 Å². The summed E-state index contributed by atoms with van der Waals surface area (Å²) in [4.78, 5) is 14.3. The molecule has 2 unspecified atom stereocenters. The minimum atomic E-state index is -0.730. The van der Waals surface area contributed by atoms with Gasteiger partial charge in [0.05, 0.1) is 7.11 Å². The lowest BCUT2D eigenvalue weighted by Crippen LogP contribution is -2.49. The molecule has 0 fully saturated rings. The predicted molar refractivity (Wildman–Crippen MR) is 112 cm³/mol. The minimum Gasteiger partial charge on any atom is -0.490 e. The largest absolute Gasteiger partial charge is 0.490 e. The molecule has 1 heterocycles. The molecule has 0 saturated heterocycles. The zero-order valence-corrected chi connectivity index (χ0v) is 16.5. The van der Waals surface area contributed by atoms with Crippen LogP contribution in [0.5, 0.6) is 5.75 Å². The van der Waals surface area contributed by atoms with Crippen molar-refractivity contribution in [3.8, 4) is 5.75 Å². The van der Waals surface area contributed by atoms with E-state index >= 15 is 0 Å². The maximum atomic E-state index is 12.3. The number of methoxy groups -OCH3 is 1. The fourth-order valence-corrected chi connectivity index (χ4v) is 3.97. The van der Waals surface area contributed by atoms with Crippen LogP contribution in [0.25, 0.3) is 10.8 Å². The Hall–Kier alpha value is -2.89. The van der Waals surface area contributed by atoms with E-state index < -0.39 is 12.1 Å². The minimum absolute atomic E-state index is 0.153. The monoisotopic (exact) mass is 391 g/mol. The highest BCUT2D eigenvalue weighted by Gasteiger charge is 2.33. The van der Waals surface area contributed by atoms with Crippen LogP contribution in [0.1, 0.15) is 11.1 Å². The first-order valence-corrected chi connectivity index (χ1v) is 9.83. The van der Waals surface area contributed by atoms with Gasteiger partial charge in [-0.05, 0) is 29.0 Å². The van der Waals surface area contributed by atoms with Crippen molar-refractivity contribution in [1.29, 1.82) is 0 Å². The van der Waals surface area contributed by atoms with Gasteiger partial charge in [0.2, 0.25) is 0 Å². The molecule has 0 spiro atoms. The lowest BCUT2D eigenvalue weighted by Gasteiger charge is -2.36. The molecule has 0 radical (unpaired) electrons. The maximum absolute atomic E-state index is 12.3. The van der Waals surface area contributed by atoms with Crippen molar-refractivity contribution in [2.75, 3.05) is 20.3 Å². The second-order valence-electron chi connectivity index (χ2n) is 7.38. The molecule has 1 aliphatic heterocycles. The molecule has 2 atom stereocenters. The van der Waals surface area contributed by atoms with Gasteiger partial charge in [-0.3, -0.25) is 9.69 Å². The molecule has 0 saturated carbocycles. The normalized spacial score (nSPS) is 17.5. The van der Waals surface area contributed by atoms with E-state index in [1.165, 1.54) is 12.7 Å². The topological polar surface area (TPSA) is 59.0 Å². The number of aliphatic hydroxyl groups excluding tert-OH is 1. The number of hydrogen-bond donors (Lipinski definition) is 1. The average molecular weight is 391 g/mol. The Bertz CT molecular complexity index is 998. The third kappa shape index (κ3) is 4.26. The number of ether oxygens (including phenoxy) is 2. The highest BCUT2D eigenvalue weighted by molar-refractivity contribution is 5.88. The standard InChI is InChI=1S/C24H25NO4/c1-28-24(27)22-13-18-8-2-3-9-19(18)14-25(22)15-20(26)16-29-23-12-6-10-17-7-4-5-11-21(17)23/h2-12,20,22,26H,13-16H2,1H3. The molecule has 5 nitrogen and oxygen atoms in total. The van der Waals surface area contributed by atoms with E-state index in [0.29, 0.717) is 19.5 Å². The zero-order chi connectivity index (χ0) is 20.2. The first-order valence-electron chi connectivity index (χ1n) is 9.83. The molecule has 0 bridgehead atoms. The van der Waals surface area contributed by atoms with Crippen LogP contribution >= 0.6 is 0 Å². The molecular formula is C24H25NO4. The number of esters is 1. The molecule has 3 aromatic rings. The molecule has 0 aromatic heterocycles. The third-order valence-electron chi connectivity index (χ3n) is 5.45. The van der Waals surface area contributed by atoms with Gasteiger partial charge in [-0.15, -0.1) is 0 Å².